The number of H-pyrrole nitrogens is 3. The minimum absolute atomic E-state index is 0.00867. The third kappa shape index (κ3) is 12.6. The largest absolute Gasteiger partial charge is 0.383 e. The Morgan fingerprint density at radius 2 is 0.636 bits per heavy atom. The van der Waals surface area contributed by atoms with Crippen LogP contribution in [0.3, 0.4) is 0 Å². The minimum Gasteiger partial charge on any atom is -0.383 e. The Bertz CT molecular complexity index is 4070. The highest BCUT2D eigenvalue weighted by Gasteiger charge is 2.32. The highest BCUT2D eigenvalue weighted by molar-refractivity contribution is 6.16. The van der Waals surface area contributed by atoms with Gasteiger partial charge < -0.3 is 57.6 Å². The van der Waals surface area contributed by atoms with Gasteiger partial charge in [-0.3, -0.25) is 0 Å². The summed E-state index contributed by atoms with van der Waals surface area (Å²) in [5.74, 6) is -17.3. The first kappa shape index (κ1) is 64.6. The van der Waals surface area contributed by atoms with Crippen LogP contribution in [0.15, 0.2) is 26.0 Å². The summed E-state index contributed by atoms with van der Waals surface area (Å²) in [6.07, 6.45) is 12.9. The van der Waals surface area contributed by atoms with Crippen LogP contribution in [0.5, 0.6) is 0 Å². The van der Waals surface area contributed by atoms with E-state index in [0.717, 1.165) is 108 Å². The zero-order valence-electron chi connectivity index (χ0n) is 51.8. The molecule has 4 aromatic heterocycles. The molecule has 0 saturated carbocycles. The zero-order valence-corrected chi connectivity index (χ0v) is 51.8. The molecular formula is C64H84F8N16. The number of nitrogens with zero attached hydrogens (tertiary/aromatic N) is 5. The Hall–Kier alpha value is -7.92. The second-order valence-electron chi connectivity index (χ2n) is 22.5. The highest BCUT2D eigenvalue weighted by Crippen LogP contribution is 2.49. The number of hydrogen-bond donors (Lipinski definition) is 11. The average Bonchev–Trinajstić information content (AvgIpc) is 2.00. The lowest BCUT2D eigenvalue weighted by molar-refractivity contribution is 0.418. The van der Waals surface area contributed by atoms with E-state index in [-0.39, 0.29) is 22.6 Å². The smallest absolute Gasteiger partial charge is 0.198 e. The van der Waals surface area contributed by atoms with E-state index in [4.69, 9.17) is 15.0 Å². The van der Waals surface area contributed by atoms with Crippen LogP contribution in [-0.2, 0) is 0 Å². The summed E-state index contributed by atoms with van der Waals surface area (Å²) in [5, 5.41) is 24.4. The van der Waals surface area contributed by atoms with Crippen LogP contribution in [-0.4, -0.2) is 72.0 Å². The second kappa shape index (κ2) is 29.4. The summed E-state index contributed by atoms with van der Waals surface area (Å²) in [6.45, 7) is 20.8. The first-order chi connectivity index (χ1) is 42.7. The Labute approximate surface area is 506 Å². The normalized spacial score (nSPS) is 12.2. The van der Waals surface area contributed by atoms with E-state index in [0.29, 0.717) is 109 Å². The third-order valence-electron chi connectivity index (χ3n) is 15.9. The number of benzene rings is 4. The van der Waals surface area contributed by atoms with Gasteiger partial charge in [-0.25, -0.2) is 59.8 Å². The van der Waals surface area contributed by atoms with Gasteiger partial charge in [0.1, 0.15) is 34.2 Å². The molecule has 0 spiro atoms. The van der Waals surface area contributed by atoms with E-state index >= 15 is 35.1 Å². The Morgan fingerprint density at radius 3 is 1.06 bits per heavy atom. The molecule has 5 heterocycles. The molecular weight excluding hydrogens is 1140 g/mol. The van der Waals surface area contributed by atoms with Gasteiger partial charge in [-0.05, 0) is 57.4 Å². The number of fused-ring (bicyclic) bond motifs is 20. The van der Waals surface area contributed by atoms with Crippen molar-refractivity contribution in [2.24, 2.45) is 20.0 Å². The predicted octanol–water partition coefficient (Wildman–Crippen LogP) is 16.1. The molecule has 88 heavy (non-hydrogen) atoms. The lowest BCUT2D eigenvalue weighted by atomic mass is 10.0. The molecule has 1 aliphatic rings. The van der Waals surface area contributed by atoms with Crippen molar-refractivity contribution < 1.29 is 35.1 Å². The van der Waals surface area contributed by atoms with Gasteiger partial charge in [-0.15, -0.1) is 0 Å². The molecule has 16 nitrogen and oxygen atoms in total. The number of halogens is 8. The number of aromatic amines is 3. The van der Waals surface area contributed by atoms with E-state index in [1.54, 1.807) is 4.68 Å². The zero-order chi connectivity index (χ0) is 62.8. The fourth-order valence-electron chi connectivity index (χ4n) is 11.1. The lowest BCUT2D eigenvalue weighted by Crippen LogP contribution is -2.36. The molecule has 4 aromatic carbocycles. The van der Waals surface area contributed by atoms with Crippen molar-refractivity contribution in [1.29, 1.82) is 0 Å². The summed E-state index contributed by atoms with van der Waals surface area (Å²) < 4.78 is 132. The maximum absolute atomic E-state index is 17.0. The number of nitrogens with one attached hydrogen (secondary N) is 11. The number of unbranched alkanes of at least 4 members (excludes halogenated alkanes) is 8. The second-order valence-corrected chi connectivity index (χ2v) is 22.5. The minimum atomic E-state index is -2.20. The van der Waals surface area contributed by atoms with Crippen molar-refractivity contribution in [3.05, 3.63) is 74.6 Å². The third-order valence-corrected chi connectivity index (χ3v) is 15.9. The van der Waals surface area contributed by atoms with Crippen molar-refractivity contribution >= 4 is 106 Å². The first-order valence-electron chi connectivity index (χ1n) is 31.8. The quantitative estimate of drug-likeness (QED) is 0.00847. The number of rotatable bonds is 32. The molecule has 0 saturated heterocycles. The number of hydrogen-bond acceptors (Lipinski definition) is 12. The molecule has 0 fully saturated rings. The van der Waals surface area contributed by atoms with E-state index in [2.05, 4.69) is 111 Å². The van der Waals surface area contributed by atoms with Crippen molar-refractivity contribution in [3.8, 4) is 0 Å². The lowest BCUT2D eigenvalue weighted by Gasteiger charge is -2.24. The topological polar surface area (TPSA) is 198 Å². The van der Waals surface area contributed by atoms with Crippen LogP contribution in [0, 0.1) is 46.5 Å². The Morgan fingerprint density at radius 1 is 0.318 bits per heavy atom. The summed E-state index contributed by atoms with van der Waals surface area (Å²) in [5.41, 5.74) is 7.22. The van der Waals surface area contributed by atoms with Crippen LogP contribution in [0.25, 0.3) is 43.1 Å². The SMILES string of the molecule is CCCCNc1cc2c3[nH]c(c2c(NCCCC)c1NCCCC)N=c1c2c(NCCCC)c(NCCCC)c(NCCCC)c(NCCCC)c2c(n1NCCCC)=Nc1[nH]c(c2c(F)c(F)c(F)c(F)c12)N=c1[nH]c(c2c(F)c(F)c(F)c(F)c12)=N3. The van der Waals surface area contributed by atoms with Crippen molar-refractivity contribution in [2.75, 3.05) is 95.0 Å². The summed E-state index contributed by atoms with van der Waals surface area (Å²) in [4.78, 5) is 29.3. The van der Waals surface area contributed by atoms with Gasteiger partial charge in [0.25, 0.3) is 0 Å². The molecule has 0 amide bonds. The molecule has 1 aliphatic heterocycles. The van der Waals surface area contributed by atoms with Crippen molar-refractivity contribution in [1.82, 2.24) is 19.6 Å². The molecule has 8 aromatic rings. The average molecular weight is 1230 g/mol. The van der Waals surface area contributed by atoms with Crippen molar-refractivity contribution in [3.63, 3.8) is 0 Å². The van der Waals surface area contributed by atoms with Crippen molar-refractivity contribution in [2.45, 2.75) is 158 Å². The molecule has 0 unspecified atom stereocenters. The van der Waals surface area contributed by atoms with Crippen LogP contribution in [0.2, 0.25) is 0 Å². The van der Waals surface area contributed by atoms with Gasteiger partial charge in [0.15, 0.2) is 57.5 Å². The Kier molecular flexibility index (Phi) is 21.6. The van der Waals surface area contributed by atoms with E-state index < -0.39 is 90.7 Å². The van der Waals surface area contributed by atoms with E-state index in [1.807, 2.05) is 13.0 Å². The standard InChI is InChI=1S/C64H84F8N16/c1-9-17-25-73-35-33-34-36(52(75-27-19-11-3)51(35)74-26-18-10-2)58-81-57(34)82-59-37-38(44(66)48(70)47(69)43(37)65)60(83-59)84-61-39-40(46(68)50(72)49(71)45(39)67)62(85-61)87-64-42-41(63(86-58)88(64)80-32-24-16-8)53(76-28-20-12-4)55(78-30-22-14-6)56(79-31-23-15-7)54(42)77-29-21-13-5/h33,73-80H,9-32H2,1-8H3,(H3,81,82,83,84,85,86,87). The highest BCUT2D eigenvalue weighted by atomic mass is 19.2. The Balaban J connectivity index is 1.65. The first-order valence-corrected chi connectivity index (χ1v) is 31.8. The molecule has 24 heteroatoms. The van der Waals surface area contributed by atoms with E-state index in [9.17, 15) is 0 Å². The summed E-state index contributed by atoms with van der Waals surface area (Å²) >= 11 is 0. The van der Waals surface area contributed by atoms with Crippen LogP contribution >= 0.6 is 0 Å². The van der Waals surface area contributed by atoms with Gasteiger partial charge in [0.05, 0.1) is 77.5 Å². The monoisotopic (exact) mass is 1230 g/mol. The van der Waals surface area contributed by atoms with Gasteiger partial charge in [0.2, 0.25) is 0 Å². The molecule has 8 bridgehead atoms. The molecule has 0 radical (unpaired) electrons. The molecule has 0 atom stereocenters. The molecule has 476 valence electrons. The van der Waals surface area contributed by atoms with E-state index in [1.165, 1.54) is 0 Å². The summed E-state index contributed by atoms with van der Waals surface area (Å²) in [6, 6.07) is 1.88. The molecule has 9 rings (SSSR count). The van der Waals surface area contributed by atoms with Crippen LogP contribution < -0.4 is 64.6 Å². The number of anilines is 7. The van der Waals surface area contributed by atoms with Gasteiger partial charge in [-0.2, -0.15) is 0 Å². The predicted molar refractivity (Wildman–Crippen MR) is 343 cm³/mol. The van der Waals surface area contributed by atoms with Gasteiger partial charge >= 0.3 is 0 Å². The number of aromatic nitrogens is 4. The fraction of sp³-hybridized carbons (Fsp3) is 0.500. The maximum atomic E-state index is 17.0. The fourth-order valence-corrected chi connectivity index (χ4v) is 11.1. The molecule has 11 N–H and O–H groups in total. The van der Waals surface area contributed by atoms with Gasteiger partial charge in [-0.1, -0.05) is 107 Å². The summed E-state index contributed by atoms with van der Waals surface area (Å²) in [7, 11) is 0. The maximum Gasteiger partial charge on any atom is 0.198 e. The van der Waals surface area contributed by atoms with Crippen LogP contribution in [0.4, 0.5) is 98.2 Å². The molecule has 0 aliphatic carbocycles. The van der Waals surface area contributed by atoms with Gasteiger partial charge in [0, 0.05) is 57.7 Å². The van der Waals surface area contributed by atoms with Crippen LogP contribution in [0.1, 0.15) is 158 Å².